The number of unbranched alkanes of at least 4 members (excludes halogenated alkanes) is 3. The summed E-state index contributed by atoms with van der Waals surface area (Å²) in [6.07, 6.45) is 3.66. The fourth-order valence-corrected chi connectivity index (χ4v) is 0.940. The average Bonchev–Trinajstić information content (AvgIpc) is 2.25. The van der Waals surface area contributed by atoms with Crippen molar-refractivity contribution in [3.63, 3.8) is 0 Å². The molecule has 0 bridgehead atoms. The van der Waals surface area contributed by atoms with Gasteiger partial charge in [-0.2, -0.15) is 0 Å². The number of nitrogens with zero attached hydrogens (tertiary/aromatic N) is 1. The minimum atomic E-state index is -0.556. The Morgan fingerprint density at radius 2 is 2.13 bits per heavy atom. The number of carbonyl (C=O) groups is 1. The van der Waals surface area contributed by atoms with E-state index in [0.717, 1.165) is 25.7 Å². The summed E-state index contributed by atoms with van der Waals surface area (Å²) in [6, 6.07) is 0. The fraction of sp³-hybridized carbons (Fsp3) is 0.778. The van der Waals surface area contributed by atoms with Crippen molar-refractivity contribution in [1.29, 1.82) is 10.9 Å². The molecule has 0 rings (SSSR count). The molecule has 0 aliphatic heterocycles. The second kappa shape index (κ2) is 9.11. The van der Waals surface area contributed by atoms with E-state index >= 15 is 0 Å². The predicted octanol–water partition coefficient (Wildman–Crippen LogP) is 2.30. The zero-order chi connectivity index (χ0) is 11.5. The monoisotopic (exact) mass is 214 g/mol. The van der Waals surface area contributed by atoms with Crippen LogP contribution in [0.15, 0.2) is 5.11 Å². The Balaban J connectivity index is 3.33. The first-order valence-corrected chi connectivity index (χ1v) is 5.06. The Morgan fingerprint density at radius 1 is 1.40 bits per heavy atom. The van der Waals surface area contributed by atoms with Crippen molar-refractivity contribution in [3.05, 3.63) is 0 Å². The topological polar surface area (TPSA) is 98.4 Å². The van der Waals surface area contributed by atoms with Crippen LogP contribution in [0.3, 0.4) is 0 Å². The number of rotatable bonds is 7. The molecule has 0 saturated heterocycles. The highest BCUT2D eigenvalue weighted by molar-refractivity contribution is 5.84. The van der Waals surface area contributed by atoms with Gasteiger partial charge < -0.3 is 10.1 Å². The van der Waals surface area contributed by atoms with Gasteiger partial charge in [0.1, 0.15) is 0 Å². The molecule has 6 nitrogen and oxygen atoms in total. The van der Waals surface area contributed by atoms with Gasteiger partial charge in [-0.3, -0.25) is 5.41 Å². The molecule has 0 atom stereocenters. The third-order valence-corrected chi connectivity index (χ3v) is 1.77. The molecule has 6 heteroatoms. The van der Waals surface area contributed by atoms with E-state index in [1.165, 1.54) is 0 Å². The van der Waals surface area contributed by atoms with Crippen LogP contribution in [0.25, 0.3) is 0 Å². The van der Waals surface area contributed by atoms with Crippen LogP contribution in [0.4, 0.5) is 4.79 Å². The van der Waals surface area contributed by atoms with Crippen molar-refractivity contribution in [2.24, 2.45) is 5.11 Å². The molecular formula is C9H18N4O2. The number of amides is 1. The lowest BCUT2D eigenvalue weighted by molar-refractivity contribution is 0.145. The van der Waals surface area contributed by atoms with E-state index in [-0.39, 0.29) is 12.4 Å². The van der Waals surface area contributed by atoms with Crippen LogP contribution in [0, 0.1) is 10.9 Å². The van der Waals surface area contributed by atoms with Crippen LogP contribution in [-0.2, 0) is 4.74 Å². The van der Waals surface area contributed by atoms with E-state index in [1.54, 1.807) is 0 Å². The molecule has 0 spiro atoms. The van der Waals surface area contributed by atoms with Crippen LogP contribution >= 0.6 is 0 Å². The van der Waals surface area contributed by atoms with Crippen LogP contribution in [-0.4, -0.2) is 25.1 Å². The van der Waals surface area contributed by atoms with Crippen LogP contribution < -0.4 is 5.32 Å². The molecule has 0 unspecified atom stereocenters. The van der Waals surface area contributed by atoms with Gasteiger partial charge in [0.05, 0.1) is 13.2 Å². The van der Waals surface area contributed by atoms with Crippen molar-refractivity contribution in [3.8, 4) is 0 Å². The molecule has 0 saturated carbocycles. The highest BCUT2D eigenvalue weighted by Crippen LogP contribution is 1.98. The predicted molar refractivity (Wildman–Crippen MR) is 56.4 cm³/mol. The zero-order valence-electron chi connectivity index (χ0n) is 9.01. The number of hydrogen-bond donors (Lipinski definition) is 3. The molecular weight excluding hydrogens is 196 g/mol. The van der Waals surface area contributed by atoms with Gasteiger partial charge in [0.2, 0.25) is 0 Å². The van der Waals surface area contributed by atoms with Gasteiger partial charge in [0.25, 0.3) is 0 Å². The van der Waals surface area contributed by atoms with Crippen molar-refractivity contribution in [2.45, 2.75) is 32.6 Å². The van der Waals surface area contributed by atoms with Gasteiger partial charge >= 0.3 is 6.09 Å². The van der Waals surface area contributed by atoms with Gasteiger partial charge in [-0.05, 0) is 6.42 Å². The summed E-state index contributed by atoms with van der Waals surface area (Å²) in [5, 5.41) is 12.1. The Morgan fingerprint density at radius 3 is 2.73 bits per heavy atom. The van der Waals surface area contributed by atoms with E-state index in [1.807, 2.05) is 0 Å². The zero-order valence-corrected chi connectivity index (χ0v) is 9.01. The van der Waals surface area contributed by atoms with Gasteiger partial charge in [0, 0.05) is 0 Å². The maximum Gasteiger partial charge on any atom is 0.407 e. The third-order valence-electron chi connectivity index (χ3n) is 1.77. The van der Waals surface area contributed by atoms with Crippen LogP contribution in [0.1, 0.15) is 32.6 Å². The van der Waals surface area contributed by atoms with Crippen molar-refractivity contribution < 1.29 is 9.53 Å². The molecule has 0 aromatic carbocycles. The van der Waals surface area contributed by atoms with Crippen molar-refractivity contribution >= 4 is 11.9 Å². The molecule has 0 aromatic heterocycles. The van der Waals surface area contributed by atoms with E-state index in [4.69, 9.17) is 15.7 Å². The van der Waals surface area contributed by atoms with Gasteiger partial charge in [0.15, 0.2) is 5.84 Å². The third kappa shape index (κ3) is 8.86. The lowest BCUT2D eigenvalue weighted by atomic mass is 10.2. The average molecular weight is 214 g/mol. The quantitative estimate of drug-likeness (QED) is 0.262. The minimum Gasteiger partial charge on any atom is -0.450 e. The number of amidine groups is 1. The lowest BCUT2D eigenvalue weighted by Crippen LogP contribution is -2.29. The maximum atomic E-state index is 11.0. The molecule has 1 amide bonds. The van der Waals surface area contributed by atoms with E-state index in [0.29, 0.717) is 6.61 Å². The molecule has 0 aliphatic rings. The number of ether oxygens (including phenoxy) is 1. The summed E-state index contributed by atoms with van der Waals surface area (Å²) in [6.45, 7) is 2.46. The summed E-state index contributed by atoms with van der Waals surface area (Å²) >= 11 is 0. The summed E-state index contributed by atoms with van der Waals surface area (Å²) < 4.78 is 4.83. The Bertz CT molecular complexity index is 218. The second-order valence-corrected chi connectivity index (χ2v) is 3.11. The number of carbonyl (C=O) groups excluding carboxylic acids is 1. The van der Waals surface area contributed by atoms with Gasteiger partial charge in [-0.1, -0.05) is 26.2 Å². The molecule has 0 aliphatic carbocycles. The normalized spacial score (nSPS) is 9.40. The fourth-order valence-electron chi connectivity index (χ4n) is 0.940. The number of alkyl carbamates (subject to hydrolysis) is 1. The van der Waals surface area contributed by atoms with Crippen LogP contribution in [0.2, 0.25) is 0 Å². The maximum absolute atomic E-state index is 11.0. The molecule has 0 fully saturated rings. The number of nitrogens with one attached hydrogen (secondary N) is 3. The Kier molecular flexibility index (Phi) is 8.22. The van der Waals surface area contributed by atoms with Crippen molar-refractivity contribution in [1.82, 2.24) is 5.32 Å². The number of hydrogen-bond acceptors (Lipinski definition) is 4. The van der Waals surface area contributed by atoms with E-state index in [2.05, 4.69) is 17.4 Å². The molecule has 15 heavy (non-hydrogen) atoms. The summed E-state index contributed by atoms with van der Waals surface area (Å²) in [5.74, 6) is -0.196. The standard InChI is InChI=1S/C9H18N4O2/c1-2-3-4-5-6-15-9(14)12-7-8(10)13-11/h10-11H,2-7H2,1H3,(H,12,14). The molecule has 3 N–H and O–H groups in total. The second-order valence-electron chi connectivity index (χ2n) is 3.11. The first kappa shape index (κ1) is 13.5. The lowest BCUT2D eigenvalue weighted by Gasteiger charge is -2.05. The smallest absolute Gasteiger partial charge is 0.407 e. The molecule has 0 radical (unpaired) electrons. The first-order valence-electron chi connectivity index (χ1n) is 5.06. The molecule has 0 heterocycles. The minimum absolute atomic E-state index is 0.0582. The van der Waals surface area contributed by atoms with Crippen LogP contribution in [0.5, 0.6) is 0 Å². The Labute approximate surface area is 89.4 Å². The summed E-state index contributed by atoms with van der Waals surface area (Å²) in [7, 11) is 0. The summed E-state index contributed by atoms with van der Waals surface area (Å²) in [5.41, 5.74) is 6.48. The largest absolute Gasteiger partial charge is 0.450 e. The van der Waals surface area contributed by atoms with Gasteiger partial charge in [-0.25, -0.2) is 10.3 Å². The highest BCUT2D eigenvalue weighted by Gasteiger charge is 2.02. The van der Waals surface area contributed by atoms with Gasteiger partial charge in [-0.15, -0.1) is 5.11 Å². The Hall–Kier alpha value is -1.46. The van der Waals surface area contributed by atoms with E-state index < -0.39 is 6.09 Å². The summed E-state index contributed by atoms with van der Waals surface area (Å²) in [4.78, 5) is 11.0. The molecule has 86 valence electrons. The van der Waals surface area contributed by atoms with E-state index in [9.17, 15) is 4.79 Å². The SMILES string of the molecule is CCCCCCOC(=O)NCC(=N)N=N. The first-order chi connectivity index (χ1) is 7.20. The molecule has 0 aromatic rings. The highest BCUT2D eigenvalue weighted by atomic mass is 16.5. The van der Waals surface area contributed by atoms with Crippen molar-refractivity contribution in [2.75, 3.05) is 13.2 Å².